The van der Waals surface area contributed by atoms with Gasteiger partial charge in [0.05, 0.1) is 17.2 Å². The zero-order valence-corrected chi connectivity index (χ0v) is 15.3. The number of benzene rings is 2. The van der Waals surface area contributed by atoms with Crippen molar-refractivity contribution in [1.29, 1.82) is 0 Å². The van der Waals surface area contributed by atoms with Gasteiger partial charge in [-0.05, 0) is 31.2 Å². The second kappa shape index (κ2) is 7.61. The average molecular weight is 362 g/mol. The lowest BCUT2D eigenvalue weighted by Crippen LogP contribution is -2.43. The highest BCUT2D eigenvalue weighted by atomic mass is 16.5. The van der Waals surface area contributed by atoms with Crippen molar-refractivity contribution in [3.05, 3.63) is 60.3 Å². The molecule has 0 aliphatic carbocycles. The number of carbonyl (C=O) groups excluding carboxylic acids is 1. The first-order chi connectivity index (χ1) is 13.2. The quantitative estimate of drug-likeness (QED) is 0.764. The van der Waals surface area contributed by atoms with Crippen LogP contribution in [-0.4, -0.2) is 40.1 Å². The number of amides is 2. The fraction of sp³-hybridized carbons (Fsp3) is 0.286. The predicted molar refractivity (Wildman–Crippen MR) is 105 cm³/mol. The predicted octanol–water partition coefficient (Wildman–Crippen LogP) is 4.01. The number of hydrogen-bond acceptors (Lipinski definition) is 4. The number of ether oxygens (including phenoxy) is 1. The average Bonchev–Trinajstić information content (AvgIpc) is 2.70. The van der Waals surface area contributed by atoms with Crippen LogP contribution in [0, 0.1) is 6.92 Å². The van der Waals surface area contributed by atoms with Gasteiger partial charge < -0.3 is 15.0 Å². The van der Waals surface area contributed by atoms with Gasteiger partial charge in [-0.3, -0.25) is 0 Å². The minimum atomic E-state index is -0.0669. The molecule has 138 valence electrons. The van der Waals surface area contributed by atoms with E-state index in [-0.39, 0.29) is 12.1 Å². The summed E-state index contributed by atoms with van der Waals surface area (Å²) in [6.07, 6.45) is 3.26. The highest BCUT2D eigenvalue weighted by molar-refractivity contribution is 5.89. The molecule has 1 fully saturated rings. The second-order valence-corrected chi connectivity index (χ2v) is 6.80. The van der Waals surface area contributed by atoms with Crippen molar-refractivity contribution >= 4 is 22.8 Å². The molecule has 0 atom stereocenters. The summed E-state index contributed by atoms with van der Waals surface area (Å²) in [4.78, 5) is 23.1. The van der Waals surface area contributed by atoms with Crippen molar-refractivity contribution in [3.8, 4) is 5.88 Å². The van der Waals surface area contributed by atoms with Gasteiger partial charge in [0.1, 0.15) is 6.10 Å². The summed E-state index contributed by atoms with van der Waals surface area (Å²) in [6.45, 7) is 3.34. The van der Waals surface area contributed by atoms with Gasteiger partial charge in [-0.1, -0.05) is 29.8 Å². The number of para-hydroxylation sites is 2. The van der Waals surface area contributed by atoms with E-state index in [2.05, 4.69) is 15.3 Å². The van der Waals surface area contributed by atoms with E-state index in [1.165, 1.54) is 5.56 Å². The normalized spacial score (nSPS) is 14.9. The van der Waals surface area contributed by atoms with Gasteiger partial charge >= 0.3 is 6.03 Å². The first kappa shape index (κ1) is 17.3. The first-order valence-corrected chi connectivity index (χ1v) is 9.18. The van der Waals surface area contributed by atoms with Gasteiger partial charge in [0.15, 0.2) is 0 Å². The molecule has 0 saturated carbocycles. The summed E-state index contributed by atoms with van der Waals surface area (Å²) in [5, 5.41) is 2.95. The van der Waals surface area contributed by atoms with Gasteiger partial charge in [-0.2, -0.15) is 0 Å². The van der Waals surface area contributed by atoms with E-state index >= 15 is 0 Å². The van der Waals surface area contributed by atoms with Crippen LogP contribution in [0.25, 0.3) is 11.0 Å². The minimum absolute atomic E-state index is 0.0453. The maximum absolute atomic E-state index is 12.4. The van der Waals surface area contributed by atoms with E-state index in [0.29, 0.717) is 19.0 Å². The molecule has 3 aromatic rings. The summed E-state index contributed by atoms with van der Waals surface area (Å²) >= 11 is 0. The number of piperidine rings is 1. The summed E-state index contributed by atoms with van der Waals surface area (Å²) in [5.41, 5.74) is 3.66. The topological polar surface area (TPSA) is 67.4 Å². The van der Waals surface area contributed by atoms with Crippen LogP contribution < -0.4 is 10.1 Å². The van der Waals surface area contributed by atoms with Crippen LogP contribution in [0.15, 0.2) is 54.7 Å². The Hall–Kier alpha value is -3.15. The Bertz CT molecular complexity index is 934. The molecular formula is C21H22N4O2. The van der Waals surface area contributed by atoms with Crippen LogP contribution in [0.2, 0.25) is 0 Å². The number of nitrogens with one attached hydrogen (secondary N) is 1. The van der Waals surface area contributed by atoms with Crippen molar-refractivity contribution in [2.45, 2.75) is 25.9 Å². The van der Waals surface area contributed by atoms with E-state index in [9.17, 15) is 4.79 Å². The Morgan fingerprint density at radius 3 is 2.52 bits per heavy atom. The molecule has 2 heterocycles. The Morgan fingerprint density at radius 1 is 1.07 bits per heavy atom. The number of aromatic nitrogens is 2. The number of nitrogens with zero attached hydrogens (tertiary/aromatic N) is 3. The van der Waals surface area contributed by atoms with E-state index in [1.54, 1.807) is 6.20 Å². The van der Waals surface area contributed by atoms with E-state index in [1.807, 2.05) is 60.4 Å². The number of carbonyl (C=O) groups is 1. The SMILES string of the molecule is Cc1ccc(NC(=O)N2CCC(Oc3cnc4ccccc4n3)CC2)cc1. The number of fused-ring (bicyclic) bond motifs is 1. The second-order valence-electron chi connectivity index (χ2n) is 6.80. The third kappa shape index (κ3) is 4.16. The number of rotatable bonds is 3. The lowest BCUT2D eigenvalue weighted by molar-refractivity contribution is 0.111. The molecule has 1 N–H and O–H groups in total. The number of aryl methyl sites for hydroxylation is 1. The zero-order chi connectivity index (χ0) is 18.6. The molecule has 1 aliphatic rings. The first-order valence-electron chi connectivity index (χ1n) is 9.18. The Kier molecular flexibility index (Phi) is 4.87. The fourth-order valence-electron chi connectivity index (χ4n) is 3.18. The Labute approximate surface area is 158 Å². The Balaban J connectivity index is 1.31. The summed E-state index contributed by atoms with van der Waals surface area (Å²) in [7, 11) is 0. The third-order valence-electron chi connectivity index (χ3n) is 4.75. The lowest BCUT2D eigenvalue weighted by Gasteiger charge is -2.31. The maximum Gasteiger partial charge on any atom is 0.321 e. The highest BCUT2D eigenvalue weighted by Gasteiger charge is 2.24. The summed E-state index contributed by atoms with van der Waals surface area (Å²) in [5.74, 6) is 0.538. The number of anilines is 1. The van der Waals surface area contributed by atoms with Crippen LogP contribution in [0.3, 0.4) is 0 Å². The van der Waals surface area contributed by atoms with Crippen molar-refractivity contribution in [3.63, 3.8) is 0 Å². The van der Waals surface area contributed by atoms with Crippen LogP contribution in [-0.2, 0) is 0 Å². The molecule has 2 aromatic carbocycles. The summed E-state index contributed by atoms with van der Waals surface area (Å²) < 4.78 is 5.99. The van der Waals surface area contributed by atoms with Crippen LogP contribution >= 0.6 is 0 Å². The number of hydrogen-bond donors (Lipinski definition) is 1. The molecule has 1 aliphatic heterocycles. The van der Waals surface area contributed by atoms with Gasteiger partial charge in [0.2, 0.25) is 5.88 Å². The standard InChI is InChI=1S/C21H22N4O2/c1-15-6-8-16(9-7-15)23-21(26)25-12-10-17(11-13-25)27-20-14-22-18-4-2-3-5-19(18)24-20/h2-9,14,17H,10-13H2,1H3,(H,23,26). The van der Waals surface area contributed by atoms with Crippen molar-refractivity contribution < 1.29 is 9.53 Å². The fourth-order valence-corrected chi connectivity index (χ4v) is 3.18. The lowest BCUT2D eigenvalue weighted by atomic mass is 10.1. The molecule has 6 heteroatoms. The zero-order valence-electron chi connectivity index (χ0n) is 15.3. The van der Waals surface area contributed by atoms with Gasteiger partial charge in [0, 0.05) is 31.6 Å². The van der Waals surface area contributed by atoms with E-state index in [0.717, 1.165) is 29.6 Å². The number of likely N-dealkylation sites (tertiary alicyclic amines) is 1. The van der Waals surface area contributed by atoms with E-state index in [4.69, 9.17) is 4.74 Å². The van der Waals surface area contributed by atoms with Gasteiger partial charge in [0.25, 0.3) is 0 Å². The number of urea groups is 1. The smallest absolute Gasteiger partial charge is 0.321 e. The van der Waals surface area contributed by atoms with Crippen LogP contribution in [0.5, 0.6) is 5.88 Å². The van der Waals surface area contributed by atoms with Crippen molar-refractivity contribution in [1.82, 2.24) is 14.9 Å². The third-order valence-corrected chi connectivity index (χ3v) is 4.75. The maximum atomic E-state index is 12.4. The molecule has 4 rings (SSSR count). The molecule has 0 unspecified atom stereocenters. The molecular weight excluding hydrogens is 340 g/mol. The van der Waals surface area contributed by atoms with Crippen LogP contribution in [0.1, 0.15) is 18.4 Å². The summed E-state index contributed by atoms with van der Waals surface area (Å²) in [6, 6.07) is 15.5. The van der Waals surface area contributed by atoms with Crippen LogP contribution in [0.4, 0.5) is 10.5 Å². The largest absolute Gasteiger partial charge is 0.473 e. The molecule has 6 nitrogen and oxygen atoms in total. The van der Waals surface area contributed by atoms with Crippen molar-refractivity contribution in [2.75, 3.05) is 18.4 Å². The molecule has 1 aromatic heterocycles. The van der Waals surface area contributed by atoms with Gasteiger partial charge in [-0.15, -0.1) is 0 Å². The molecule has 27 heavy (non-hydrogen) atoms. The van der Waals surface area contributed by atoms with Crippen molar-refractivity contribution in [2.24, 2.45) is 0 Å². The van der Waals surface area contributed by atoms with E-state index < -0.39 is 0 Å². The van der Waals surface area contributed by atoms with Gasteiger partial charge in [-0.25, -0.2) is 14.8 Å². The minimum Gasteiger partial charge on any atom is -0.473 e. The monoisotopic (exact) mass is 362 g/mol. The molecule has 0 bridgehead atoms. The molecule has 0 radical (unpaired) electrons. The molecule has 2 amide bonds. The highest BCUT2D eigenvalue weighted by Crippen LogP contribution is 2.20. The molecule has 1 saturated heterocycles. The molecule has 0 spiro atoms. The Morgan fingerprint density at radius 2 is 1.78 bits per heavy atom.